The lowest BCUT2D eigenvalue weighted by Crippen LogP contribution is -2.10. The van der Waals surface area contributed by atoms with Crippen LogP contribution in [0.15, 0.2) is 24.4 Å². The number of nitrogen functional groups attached to an aromatic ring is 1. The van der Waals surface area contributed by atoms with Crippen molar-refractivity contribution in [3.63, 3.8) is 0 Å². The molecule has 0 aliphatic heterocycles. The molecule has 0 unspecified atom stereocenters. The van der Waals surface area contributed by atoms with Gasteiger partial charge in [-0.2, -0.15) is 0 Å². The lowest BCUT2D eigenvalue weighted by molar-refractivity contribution is 0.408. The molecule has 5 nitrogen and oxygen atoms in total. The highest BCUT2D eigenvalue weighted by molar-refractivity contribution is 5.64. The van der Waals surface area contributed by atoms with E-state index in [9.17, 15) is 0 Å². The first-order valence-corrected chi connectivity index (χ1v) is 5.61. The van der Waals surface area contributed by atoms with E-state index >= 15 is 0 Å². The molecule has 3 N–H and O–H groups in total. The van der Waals surface area contributed by atoms with Crippen LogP contribution >= 0.6 is 0 Å². The Morgan fingerprint density at radius 2 is 1.89 bits per heavy atom. The molecular formula is C13H16N4O. The standard InChI is InChI=1S/C13H16N4O/c1-8-6-10(7-9(2)12(8)18-3)11-4-5-15-13(16-11)17-14/h4-7H,14H2,1-3H3,(H,15,16,17). The maximum absolute atomic E-state index is 5.35. The van der Waals surface area contributed by atoms with Crippen LogP contribution in [0.3, 0.4) is 0 Å². The summed E-state index contributed by atoms with van der Waals surface area (Å²) in [6, 6.07) is 5.92. The summed E-state index contributed by atoms with van der Waals surface area (Å²) in [4.78, 5) is 8.30. The first kappa shape index (κ1) is 12.3. The van der Waals surface area contributed by atoms with Crippen molar-refractivity contribution in [2.45, 2.75) is 13.8 Å². The summed E-state index contributed by atoms with van der Waals surface area (Å²) in [7, 11) is 1.68. The quantitative estimate of drug-likeness (QED) is 0.638. The van der Waals surface area contributed by atoms with Gasteiger partial charge in [0.2, 0.25) is 5.95 Å². The van der Waals surface area contributed by atoms with Crippen LogP contribution in [0.25, 0.3) is 11.3 Å². The third-order valence-electron chi connectivity index (χ3n) is 2.74. The summed E-state index contributed by atoms with van der Waals surface area (Å²) in [5.74, 6) is 6.62. The number of hydrogen-bond acceptors (Lipinski definition) is 5. The number of hydrogen-bond donors (Lipinski definition) is 2. The van der Waals surface area contributed by atoms with Crippen LogP contribution < -0.4 is 16.0 Å². The van der Waals surface area contributed by atoms with E-state index in [2.05, 4.69) is 15.4 Å². The third-order valence-corrected chi connectivity index (χ3v) is 2.74. The van der Waals surface area contributed by atoms with E-state index in [1.807, 2.05) is 32.0 Å². The average Bonchev–Trinajstić information content (AvgIpc) is 2.38. The Balaban J connectivity index is 2.51. The fourth-order valence-electron chi connectivity index (χ4n) is 2.01. The second kappa shape index (κ2) is 5.01. The predicted octanol–water partition coefficient (Wildman–Crippen LogP) is 2.05. The van der Waals surface area contributed by atoms with Gasteiger partial charge in [0.15, 0.2) is 0 Å². The molecule has 0 radical (unpaired) electrons. The summed E-state index contributed by atoms with van der Waals surface area (Å²) < 4.78 is 5.35. The molecular weight excluding hydrogens is 228 g/mol. The Labute approximate surface area is 106 Å². The minimum Gasteiger partial charge on any atom is -0.496 e. The maximum atomic E-state index is 5.35. The number of hydrazine groups is 1. The first-order valence-electron chi connectivity index (χ1n) is 5.61. The van der Waals surface area contributed by atoms with E-state index < -0.39 is 0 Å². The van der Waals surface area contributed by atoms with Crippen molar-refractivity contribution in [2.24, 2.45) is 5.84 Å². The van der Waals surface area contributed by atoms with E-state index in [4.69, 9.17) is 10.6 Å². The molecule has 0 saturated heterocycles. The van der Waals surface area contributed by atoms with Gasteiger partial charge >= 0.3 is 0 Å². The van der Waals surface area contributed by atoms with Crippen molar-refractivity contribution in [3.8, 4) is 17.0 Å². The Morgan fingerprint density at radius 1 is 1.22 bits per heavy atom. The molecule has 0 saturated carbocycles. The third kappa shape index (κ3) is 2.26. The number of methoxy groups -OCH3 is 1. The number of benzene rings is 1. The zero-order valence-corrected chi connectivity index (χ0v) is 10.7. The normalized spacial score (nSPS) is 10.2. The molecule has 5 heteroatoms. The zero-order chi connectivity index (χ0) is 13.1. The van der Waals surface area contributed by atoms with E-state index in [1.54, 1.807) is 13.3 Å². The Bertz CT molecular complexity index is 546. The molecule has 1 heterocycles. The number of nitrogens with two attached hydrogens (primary N) is 1. The van der Waals surface area contributed by atoms with Crippen molar-refractivity contribution in [2.75, 3.05) is 12.5 Å². The van der Waals surface area contributed by atoms with Crippen molar-refractivity contribution in [3.05, 3.63) is 35.5 Å². The number of anilines is 1. The molecule has 0 aliphatic carbocycles. The van der Waals surface area contributed by atoms with Crippen molar-refractivity contribution < 1.29 is 4.74 Å². The van der Waals surface area contributed by atoms with Gasteiger partial charge in [0, 0.05) is 11.8 Å². The van der Waals surface area contributed by atoms with Crippen LogP contribution in [0, 0.1) is 13.8 Å². The monoisotopic (exact) mass is 244 g/mol. The number of nitrogens with one attached hydrogen (secondary N) is 1. The summed E-state index contributed by atoms with van der Waals surface area (Å²) in [5, 5.41) is 0. The van der Waals surface area contributed by atoms with Crippen LogP contribution in [0.4, 0.5) is 5.95 Å². The van der Waals surface area contributed by atoms with Gasteiger partial charge in [0.1, 0.15) is 5.75 Å². The smallest absolute Gasteiger partial charge is 0.237 e. The van der Waals surface area contributed by atoms with Gasteiger partial charge < -0.3 is 4.74 Å². The van der Waals surface area contributed by atoms with Gasteiger partial charge in [-0.1, -0.05) is 0 Å². The molecule has 0 bridgehead atoms. The molecule has 18 heavy (non-hydrogen) atoms. The first-order chi connectivity index (χ1) is 8.65. The molecule has 0 fully saturated rings. The summed E-state index contributed by atoms with van der Waals surface area (Å²) in [6.07, 6.45) is 1.67. The second-order valence-electron chi connectivity index (χ2n) is 4.05. The Hall–Kier alpha value is -2.14. The van der Waals surface area contributed by atoms with E-state index in [0.717, 1.165) is 28.1 Å². The summed E-state index contributed by atoms with van der Waals surface area (Å²) in [6.45, 7) is 4.03. The van der Waals surface area contributed by atoms with Crippen LogP contribution in [-0.4, -0.2) is 17.1 Å². The van der Waals surface area contributed by atoms with E-state index in [0.29, 0.717) is 5.95 Å². The van der Waals surface area contributed by atoms with Crippen molar-refractivity contribution in [1.82, 2.24) is 9.97 Å². The zero-order valence-electron chi connectivity index (χ0n) is 10.7. The molecule has 1 aromatic heterocycles. The Morgan fingerprint density at radius 3 is 2.44 bits per heavy atom. The highest BCUT2D eigenvalue weighted by atomic mass is 16.5. The second-order valence-corrected chi connectivity index (χ2v) is 4.05. The maximum Gasteiger partial charge on any atom is 0.237 e. The number of aryl methyl sites for hydroxylation is 2. The molecule has 0 amide bonds. The number of ether oxygens (including phenoxy) is 1. The summed E-state index contributed by atoms with van der Waals surface area (Å²) >= 11 is 0. The van der Waals surface area contributed by atoms with Crippen LogP contribution in [0.5, 0.6) is 5.75 Å². The lowest BCUT2D eigenvalue weighted by atomic mass is 10.0. The van der Waals surface area contributed by atoms with Crippen molar-refractivity contribution in [1.29, 1.82) is 0 Å². The van der Waals surface area contributed by atoms with Gasteiger partial charge in [-0.05, 0) is 43.2 Å². The predicted molar refractivity (Wildman–Crippen MR) is 71.3 cm³/mol. The van der Waals surface area contributed by atoms with Crippen molar-refractivity contribution >= 4 is 5.95 Å². The molecule has 94 valence electrons. The number of nitrogens with zero attached hydrogens (tertiary/aromatic N) is 2. The minimum absolute atomic E-state index is 0.402. The number of aromatic nitrogens is 2. The highest BCUT2D eigenvalue weighted by Crippen LogP contribution is 2.29. The van der Waals surface area contributed by atoms with Gasteiger partial charge in [0.05, 0.1) is 12.8 Å². The molecule has 2 aromatic rings. The topological polar surface area (TPSA) is 73.1 Å². The average molecular weight is 244 g/mol. The number of rotatable bonds is 3. The van der Waals surface area contributed by atoms with Gasteiger partial charge in [0.25, 0.3) is 0 Å². The fraction of sp³-hybridized carbons (Fsp3) is 0.231. The molecule has 2 rings (SSSR count). The minimum atomic E-state index is 0.402. The van der Waals surface area contributed by atoms with Gasteiger partial charge in [-0.3, -0.25) is 5.43 Å². The molecule has 1 aromatic carbocycles. The Kier molecular flexibility index (Phi) is 3.43. The molecule has 0 aliphatic rings. The summed E-state index contributed by atoms with van der Waals surface area (Å²) in [5.41, 5.74) is 6.44. The van der Waals surface area contributed by atoms with E-state index in [-0.39, 0.29) is 0 Å². The van der Waals surface area contributed by atoms with E-state index in [1.165, 1.54) is 0 Å². The van der Waals surface area contributed by atoms with Gasteiger partial charge in [-0.15, -0.1) is 0 Å². The molecule has 0 atom stereocenters. The van der Waals surface area contributed by atoms with Gasteiger partial charge in [-0.25, -0.2) is 15.8 Å². The van der Waals surface area contributed by atoms with Crippen LogP contribution in [0.2, 0.25) is 0 Å². The lowest BCUT2D eigenvalue weighted by Gasteiger charge is -2.11. The van der Waals surface area contributed by atoms with Crippen LogP contribution in [0.1, 0.15) is 11.1 Å². The largest absolute Gasteiger partial charge is 0.496 e. The van der Waals surface area contributed by atoms with Crippen LogP contribution in [-0.2, 0) is 0 Å². The SMILES string of the molecule is COc1c(C)cc(-c2ccnc(NN)n2)cc1C. The fourth-order valence-corrected chi connectivity index (χ4v) is 2.01. The molecule has 0 spiro atoms. The highest BCUT2D eigenvalue weighted by Gasteiger charge is 2.08.